The van der Waals surface area contributed by atoms with Crippen LogP contribution >= 0.6 is 0 Å². The molecule has 0 radical (unpaired) electrons. The first-order valence-corrected chi connectivity index (χ1v) is 7.24. The number of carbonyl (C=O) groups excluding carboxylic acids is 1. The van der Waals surface area contributed by atoms with Gasteiger partial charge in [-0.3, -0.25) is 0 Å². The summed E-state index contributed by atoms with van der Waals surface area (Å²) in [7, 11) is 0. The number of hydrogen-bond donors (Lipinski definition) is 1. The molecule has 0 atom stereocenters. The molecule has 110 valence electrons. The number of benzene rings is 1. The number of nitrogens with two attached hydrogens (primary N) is 1. The monoisotopic (exact) mass is 276 g/mol. The number of esters is 1. The van der Waals surface area contributed by atoms with Crippen LogP contribution in [0.25, 0.3) is 0 Å². The Labute approximate surface area is 120 Å². The van der Waals surface area contributed by atoms with Gasteiger partial charge < -0.3 is 15.4 Å². The highest BCUT2D eigenvalue weighted by Crippen LogP contribution is 2.34. The molecule has 2 N–H and O–H groups in total. The predicted octanol–water partition coefficient (Wildman–Crippen LogP) is 3.07. The van der Waals surface area contributed by atoms with Gasteiger partial charge in [-0.25, -0.2) is 4.79 Å². The maximum Gasteiger partial charge on any atom is 0.340 e. The van der Waals surface area contributed by atoms with Gasteiger partial charge in [0.15, 0.2) is 0 Å². The second-order valence-corrected chi connectivity index (χ2v) is 6.19. The molecule has 1 saturated heterocycles. The summed E-state index contributed by atoms with van der Waals surface area (Å²) < 4.78 is 5.15. The average Bonchev–Trinajstić information content (AvgIpc) is 2.37. The lowest BCUT2D eigenvalue weighted by Gasteiger charge is -2.40. The largest absolute Gasteiger partial charge is 0.462 e. The van der Waals surface area contributed by atoms with Gasteiger partial charge in [-0.1, -0.05) is 13.8 Å². The van der Waals surface area contributed by atoms with E-state index in [9.17, 15) is 4.79 Å². The van der Waals surface area contributed by atoms with E-state index in [1.165, 1.54) is 6.42 Å². The van der Waals surface area contributed by atoms with Crippen LogP contribution in [0.5, 0.6) is 0 Å². The third-order valence-corrected chi connectivity index (χ3v) is 3.76. The molecule has 4 nitrogen and oxygen atoms in total. The summed E-state index contributed by atoms with van der Waals surface area (Å²) in [6.45, 7) is 8.64. The Bertz CT molecular complexity index is 497. The Morgan fingerprint density at radius 3 is 2.85 bits per heavy atom. The Morgan fingerprint density at radius 2 is 2.20 bits per heavy atom. The first-order chi connectivity index (χ1) is 9.43. The van der Waals surface area contributed by atoms with Gasteiger partial charge in [0.2, 0.25) is 0 Å². The second kappa shape index (κ2) is 5.73. The molecule has 0 amide bonds. The van der Waals surface area contributed by atoms with Gasteiger partial charge in [-0.2, -0.15) is 0 Å². The molecule has 4 heteroatoms. The first-order valence-electron chi connectivity index (χ1n) is 7.24. The van der Waals surface area contributed by atoms with Gasteiger partial charge in [0.25, 0.3) is 0 Å². The van der Waals surface area contributed by atoms with Crippen LogP contribution in [0.4, 0.5) is 11.4 Å². The second-order valence-electron chi connectivity index (χ2n) is 6.19. The van der Waals surface area contributed by atoms with E-state index in [-0.39, 0.29) is 11.4 Å². The summed E-state index contributed by atoms with van der Waals surface area (Å²) in [6.07, 6.45) is 2.35. The zero-order valence-corrected chi connectivity index (χ0v) is 12.6. The fraction of sp³-hybridized carbons (Fsp3) is 0.562. The quantitative estimate of drug-likeness (QED) is 0.681. The van der Waals surface area contributed by atoms with Gasteiger partial charge in [-0.05, 0) is 43.4 Å². The molecule has 1 aromatic carbocycles. The highest BCUT2D eigenvalue weighted by atomic mass is 16.5. The van der Waals surface area contributed by atoms with Crippen LogP contribution in [-0.2, 0) is 4.74 Å². The van der Waals surface area contributed by atoms with E-state index in [0.29, 0.717) is 17.9 Å². The van der Waals surface area contributed by atoms with Crippen molar-refractivity contribution in [3.63, 3.8) is 0 Å². The van der Waals surface area contributed by atoms with Crippen molar-refractivity contribution in [1.82, 2.24) is 0 Å². The third-order valence-electron chi connectivity index (χ3n) is 3.76. The molecule has 0 spiro atoms. The zero-order chi connectivity index (χ0) is 14.8. The summed E-state index contributed by atoms with van der Waals surface area (Å²) in [5.41, 5.74) is 8.19. The van der Waals surface area contributed by atoms with E-state index in [1.54, 1.807) is 6.07 Å². The van der Waals surface area contributed by atoms with Crippen molar-refractivity contribution < 1.29 is 9.53 Å². The molecule has 2 rings (SSSR count). The lowest BCUT2D eigenvalue weighted by molar-refractivity contribution is 0.0527. The van der Waals surface area contributed by atoms with E-state index in [4.69, 9.17) is 10.5 Å². The molecule has 1 aliphatic rings. The predicted molar refractivity (Wildman–Crippen MR) is 82.0 cm³/mol. The van der Waals surface area contributed by atoms with Crippen LogP contribution in [0.3, 0.4) is 0 Å². The lowest BCUT2D eigenvalue weighted by Crippen LogP contribution is -2.40. The number of anilines is 2. The van der Waals surface area contributed by atoms with E-state index < -0.39 is 0 Å². The highest BCUT2D eigenvalue weighted by Gasteiger charge is 2.28. The molecule has 1 heterocycles. The van der Waals surface area contributed by atoms with Gasteiger partial charge in [0.05, 0.1) is 17.9 Å². The molecule has 1 fully saturated rings. The maximum atomic E-state index is 12.1. The zero-order valence-electron chi connectivity index (χ0n) is 12.6. The Hall–Kier alpha value is -1.71. The molecular formula is C16H24N2O2. The SMILES string of the molecule is CCOC(=O)c1cc(N)ccc1N1CCCC(C)(C)C1. The third kappa shape index (κ3) is 3.24. The Kier molecular flexibility index (Phi) is 4.21. The minimum atomic E-state index is -0.293. The van der Waals surface area contributed by atoms with Crippen LogP contribution in [0.2, 0.25) is 0 Å². The van der Waals surface area contributed by atoms with Gasteiger partial charge in [0.1, 0.15) is 0 Å². The number of ether oxygens (including phenoxy) is 1. The van der Waals surface area contributed by atoms with Crippen molar-refractivity contribution >= 4 is 17.3 Å². The van der Waals surface area contributed by atoms with Crippen LogP contribution in [-0.4, -0.2) is 25.7 Å². The van der Waals surface area contributed by atoms with Crippen LogP contribution in [0.1, 0.15) is 44.0 Å². The van der Waals surface area contributed by atoms with Crippen LogP contribution < -0.4 is 10.6 Å². The molecule has 0 bridgehead atoms. The van der Waals surface area contributed by atoms with Crippen LogP contribution in [0, 0.1) is 5.41 Å². The number of nitrogen functional groups attached to an aromatic ring is 1. The van der Waals surface area contributed by atoms with Crippen molar-refractivity contribution in [1.29, 1.82) is 0 Å². The minimum absolute atomic E-state index is 0.269. The molecule has 1 aliphatic heterocycles. The molecular weight excluding hydrogens is 252 g/mol. The Balaban J connectivity index is 2.33. The van der Waals surface area contributed by atoms with E-state index in [1.807, 2.05) is 19.1 Å². The minimum Gasteiger partial charge on any atom is -0.462 e. The Morgan fingerprint density at radius 1 is 1.45 bits per heavy atom. The number of hydrogen-bond acceptors (Lipinski definition) is 4. The van der Waals surface area contributed by atoms with E-state index in [0.717, 1.165) is 25.2 Å². The average molecular weight is 276 g/mol. The molecule has 1 aromatic rings. The maximum absolute atomic E-state index is 12.1. The summed E-state index contributed by atoms with van der Waals surface area (Å²) in [6, 6.07) is 5.50. The van der Waals surface area contributed by atoms with Crippen molar-refractivity contribution in [2.24, 2.45) is 5.41 Å². The van der Waals surface area contributed by atoms with Crippen molar-refractivity contribution in [2.45, 2.75) is 33.6 Å². The fourth-order valence-corrected chi connectivity index (χ4v) is 2.83. The number of rotatable bonds is 3. The van der Waals surface area contributed by atoms with Gasteiger partial charge in [0, 0.05) is 18.8 Å². The summed E-state index contributed by atoms with van der Waals surface area (Å²) in [5.74, 6) is -0.293. The standard InChI is InChI=1S/C16H24N2O2/c1-4-20-15(19)13-10-12(17)6-7-14(13)18-9-5-8-16(2,3)11-18/h6-7,10H,4-5,8-9,11,17H2,1-3H3. The molecule has 0 aromatic heterocycles. The summed E-state index contributed by atoms with van der Waals surface area (Å²) >= 11 is 0. The highest BCUT2D eigenvalue weighted by molar-refractivity contribution is 5.97. The molecule has 0 unspecified atom stereocenters. The van der Waals surface area contributed by atoms with Gasteiger partial charge in [-0.15, -0.1) is 0 Å². The number of nitrogens with zero attached hydrogens (tertiary/aromatic N) is 1. The topological polar surface area (TPSA) is 55.6 Å². The number of carbonyl (C=O) groups is 1. The molecule has 0 saturated carbocycles. The normalized spacial score (nSPS) is 17.9. The van der Waals surface area contributed by atoms with Crippen molar-refractivity contribution in [3.8, 4) is 0 Å². The fourth-order valence-electron chi connectivity index (χ4n) is 2.83. The smallest absolute Gasteiger partial charge is 0.340 e. The summed E-state index contributed by atoms with van der Waals surface area (Å²) in [5, 5.41) is 0. The van der Waals surface area contributed by atoms with Crippen LogP contribution in [0.15, 0.2) is 18.2 Å². The van der Waals surface area contributed by atoms with Crippen molar-refractivity contribution in [3.05, 3.63) is 23.8 Å². The summed E-state index contributed by atoms with van der Waals surface area (Å²) in [4.78, 5) is 14.4. The molecule has 20 heavy (non-hydrogen) atoms. The van der Waals surface area contributed by atoms with Gasteiger partial charge >= 0.3 is 5.97 Å². The first kappa shape index (κ1) is 14.7. The molecule has 0 aliphatic carbocycles. The van der Waals surface area contributed by atoms with Crippen molar-refractivity contribution in [2.75, 3.05) is 30.3 Å². The number of piperidine rings is 1. The van der Waals surface area contributed by atoms with E-state index in [2.05, 4.69) is 18.7 Å². The lowest BCUT2D eigenvalue weighted by atomic mass is 9.84. The van der Waals surface area contributed by atoms with E-state index >= 15 is 0 Å².